The molecule has 3 aromatic rings. The SMILES string of the molecule is COC(=O)N[C@H](C(=O)N[C@H](/C=C/C[C@H](NS(=O)(=O)c1ccc([N+](=O)[O-])cc1)C(=O)OC)C(F)(F)F)C(c1ccccc1)c1ccccc1. The maximum atomic E-state index is 14.2. The van der Waals surface area contributed by atoms with Crippen LogP contribution in [0.5, 0.6) is 0 Å². The van der Waals surface area contributed by atoms with E-state index in [1.54, 1.807) is 60.7 Å². The number of hydrogen-bond donors (Lipinski definition) is 3. The van der Waals surface area contributed by atoms with Crippen molar-refractivity contribution in [3.8, 4) is 0 Å². The van der Waals surface area contributed by atoms with E-state index in [2.05, 4.69) is 14.8 Å². The van der Waals surface area contributed by atoms with E-state index in [4.69, 9.17) is 0 Å². The zero-order chi connectivity index (χ0) is 35.5. The Hall–Kier alpha value is -5.29. The number of non-ortho nitro benzene ring substituents is 1. The van der Waals surface area contributed by atoms with Gasteiger partial charge in [-0.2, -0.15) is 17.9 Å². The summed E-state index contributed by atoms with van der Waals surface area (Å²) >= 11 is 0. The molecule has 2 amide bonds. The number of nitrogens with zero attached hydrogens (tertiary/aromatic N) is 1. The van der Waals surface area contributed by atoms with E-state index in [0.29, 0.717) is 17.2 Å². The minimum absolute atomic E-state index is 0.399. The Morgan fingerprint density at radius 1 is 0.875 bits per heavy atom. The van der Waals surface area contributed by atoms with Crippen molar-refractivity contribution >= 4 is 33.7 Å². The highest BCUT2D eigenvalue weighted by Crippen LogP contribution is 2.30. The summed E-state index contributed by atoms with van der Waals surface area (Å²) in [6.07, 6.45) is -5.46. The average molecular weight is 693 g/mol. The molecular weight excluding hydrogens is 661 g/mol. The first-order valence-electron chi connectivity index (χ1n) is 14.0. The lowest BCUT2D eigenvalue weighted by Gasteiger charge is -2.29. The molecule has 13 nitrogen and oxygen atoms in total. The predicted octanol–water partition coefficient (Wildman–Crippen LogP) is 3.96. The molecule has 0 spiro atoms. The van der Waals surface area contributed by atoms with Gasteiger partial charge in [0.1, 0.15) is 18.1 Å². The van der Waals surface area contributed by atoms with Crippen molar-refractivity contribution in [2.75, 3.05) is 14.2 Å². The number of hydrogen-bond acceptors (Lipinski definition) is 9. The molecule has 0 fully saturated rings. The summed E-state index contributed by atoms with van der Waals surface area (Å²) in [6.45, 7) is 0. The van der Waals surface area contributed by atoms with Gasteiger partial charge in [-0.1, -0.05) is 72.8 Å². The maximum Gasteiger partial charge on any atom is 0.412 e. The van der Waals surface area contributed by atoms with E-state index >= 15 is 0 Å². The van der Waals surface area contributed by atoms with E-state index in [-0.39, 0.29) is 0 Å². The first-order chi connectivity index (χ1) is 22.7. The Labute approximate surface area is 273 Å². The maximum absolute atomic E-state index is 14.2. The van der Waals surface area contributed by atoms with E-state index in [1.165, 1.54) is 0 Å². The van der Waals surface area contributed by atoms with Crippen molar-refractivity contribution in [2.24, 2.45) is 0 Å². The van der Waals surface area contributed by atoms with Gasteiger partial charge >= 0.3 is 18.2 Å². The van der Waals surface area contributed by atoms with Gasteiger partial charge in [0, 0.05) is 18.1 Å². The number of halogens is 3. The van der Waals surface area contributed by atoms with E-state index in [1.807, 2.05) is 10.0 Å². The molecular formula is C31H31F3N4O9S. The molecule has 0 unspecified atom stereocenters. The highest BCUT2D eigenvalue weighted by Gasteiger charge is 2.42. The Balaban J connectivity index is 1.89. The van der Waals surface area contributed by atoms with Gasteiger partial charge in [-0.15, -0.1) is 0 Å². The van der Waals surface area contributed by atoms with E-state index in [0.717, 1.165) is 44.6 Å². The van der Waals surface area contributed by atoms with Crippen LogP contribution in [-0.4, -0.2) is 69.8 Å². The number of benzene rings is 3. The summed E-state index contributed by atoms with van der Waals surface area (Å²) in [5.74, 6) is -3.33. The Morgan fingerprint density at radius 2 is 1.42 bits per heavy atom. The van der Waals surface area contributed by atoms with Crippen molar-refractivity contribution in [3.05, 3.63) is 118 Å². The number of alkyl halides is 3. The Kier molecular flexibility index (Phi) is 12.8. The van der Waals surface area contributed by atoms with Crippen LogP contribution in [-0.2, 0) is 29.1 Å². The summed E-state index contributed by atoms with van der Waals surface area (Å²) in [5, 5.41) is 15.1. The number of nitrogens with one attached hydrogen (secondary N) is 3. The molecule has 3 N–H and O–H groups in total. The number of alkyl carbamates (subject to hydrolysis) is 1. The summed E-state index contributed by atoms with van der Waals surface area (Å²) in [7, 11) is -2.53. The fourth-order valence-corrected chi connectivity index (χ4v) is 5.75. The number of carbonyl (C=O) groups is 3. The lowest BCUT2D eigenvalue weighted by Crippen LogP contribution is -2.55. The smallest absolute Gasteiger partial charge is 0.412 e. The van der Waals surface area contributed by atoms with Gasteiger partial charge in [-0.3, -0.25) is 19.7 Å². The first kappa shape index (κ1) is 37.2. The average Bonchev–Trinajstić information content (AvgIpc) is 3.07. The standard InChI is InChI=1S/C31H31F3N4O9S/c1-46-29(40)24(37-48(44,45)23-18-16-22(17-19-23)38(42)43)14-9-15-25(31(32,33)34)35-28(39)27(36-30(41)47-2)26(20-10-5-3-6-11-20)21-12-7-4-8-13-21/h3-13,15-19,24-27,37H,14H2,1-2H3,(H,35,39)(H,36,41)/b15-9+/t24-,25+,27-/m0/s1. The third kappa shape index (κ3) is 10.1. The van der Waals surface area contributed by atoms with Crippen LogP contribution in [0.2, 0.25) is 0 Å². The van der Waals surface area contributed by atoms with E-state index < -0.39 is 80.1 Å². The molecule has 0 aliphatic rings. The molecule has 0 radical (unpaired) electrons. The summed E-state index contributed by atoms with van der Waals surface area (Å²) in [4.78, 5) is 47.9. The number of rotatable bonds is 14. The molecule has 48 heavy (non-hydrogen) atoms. The molecule has 0 aromatic heterocycles. The molecule has 0 aliphatic carbocycles. The van der Waals surface area contributed by atoms with Crippen molar-refractivity contribution in [3.63, 3.8) is 0 Å². The molecule has 0 saturated carbocycles. The number of esters is 1. The summed E-state index contributed by atoms with van der Waals surface area (Å²) < 4.78 is 79.6. The predicted molar refractivity (Wildman–Crippen MR) is 165 cm³/mol. The van der Waals surface area contributed by atoms with Crippen LogP contribution in [0.15, 0.2) is 102 Å². The van der Waals surface area contributed by atoms with Gasteiger partial charge in [0.25, 0.3) is 5.69 Å². The minimum atomic E-state index is -5.07. The van der Waals surface area contributed by atoms with Gasteiger partial charge in [0.2, 0.25) is 15.9 Å². The van der Waals surface area contributed by atoms with Gasteiger partial charge in [0.15, 0.2) is 0 Å². The normalized spacial score (nSPS) is 13.7. The quantitative estimate of drug-likeness (QED) is 0.0974. The van der Waals surface area contributed by atoms with Crippen LogP contribution < -0.4 is 15.4 Å². The number of ether oxygens (including phenoxy) is 2. The highest BCUT2D eigenvalue weighted by molar-refractivity contribution is 7.89. The third-order valence-electron chi connectivity index (χ3n) is 6.88. The minimum Gasteiger partial charge on any atom is -0.468 e. The second-order valence-electron chi connectivity index (χ2n) is 10.1. The van der Waals surface area contributed by atoms with Crippen molar-refractivity contribution < 1.29 is 50.4 Å². The number of amides is 2. The lowest BCUT2D eigenvalue weighted by atomic mass is 9.84. The number of nitro groups is 1. The van der Waals surface area contributed by atoms with Crippen LogP contribution >= 0.6 is 0 Å². The fourth-order valence-electron chi connectivity index (χ4n) is 4.55. The molecule has 0 heterocycles. The Morgan fingerprint density at radius 3 is 1.88 bits per heavy atom. The lowest BCUT2D eigenvalue weighted by molar-refractivity contribution is -0.384. The Bertz CT molecular complexity index is 1670. The molecule has 3 aromatic carbocycles. The largest absolute Gasteiger partial charge is 0.468 e. The highest BCUT2D eigenvalue weighted by atomic mass is 32.2. The van der Waals surface area contributed by atoms with Crippen LogP contribution in [0, 0.1) is 10.1 Å². The molecule has 0 saturated heterocycles. The fraction of sp³-hybridized carbons (Fsp3) is 0.258. The molecule has 3 rings (SSSR count). The summed E-state index contributed by atoms with van der Waals surface area (Å²) in [5.41, 5.74) is 0.602. The molecule has 3 atom stereocenters. The zero-order valence-electron chi connectivity index (χ0n) is 25.4. The van der Waals surface area contributed by atoms with Crippen LogP contribution in [0.1, 0.15) is 23.5 Å². The molecule has 17 heteroatoms. The van der Waals surface area contributed by atoms with Crippen molar-refractivity contribution in [1.82, 2.24) is 15.4 Å². The molecule has 0 bridgehead atoms. The second-order valence-corrected chi connectivity index (χ2v) is 11.8. The number of carbonyl (C=O) groups excluding carboxylic acids is 3. The first-order valence-corrected chi connectivity index (χ1v) is 15.5. The van der Waals surface area contributed by atoms with Crippen molar-refractivity contribution in [1.29, 1.82) is 0 Å². The third-order valence-corrected chi connectivity index (χ3v) is 8.37. The monoisotopic (exact) mass is 692 g/mol. The van der Waals surface area contributed by atoms with Gasteiger partial charge in [0.05, 0.1) is 24.0 Å². The topological polar surface area (TPSA) is 183 Å². The number of methoxy groups -OCH3 is 2. The van der Waals surface area contributed by atoms with Crippen LogP contribution in [0.4, 0.5) is 23.7 Å². The number of sulfonamides is 1. The van der Waals surface area contributed by atoms with Gasteiger partial charge in [-0.05, 0) is 29.7 Å². The second kappa shape index (κ2) is 16.5. The van der Waals surface area contributed by atoms with E-state index in [9.17, 15) is 46.1 Å². The molecule has 256 valence electrons. The van der Waals surface area contributed by atoms with Crippen molar-refractivity contribution in [2.45, 2.75) is 41.5 Å². The zero-order valence-corrected chi connectivity index (χ0v) is 26.2. The summed E-state index contributed by atoms with van der Waals surface area (Å²) in [6, 6.07) is 14.3. The van der Waals surface area contributed by atoms with Gasteiger partial charge < -0.3 is 20.1 Å². The van der Waals surface area contributed by atoms with Gasteiger partial charge in [-0.25, -0.2) is 13.2 Å². The van der Waals surface area contributed by atoms with Crippen LogP contribution in [0.25, 0.3) is 0 Å². The number of nitro benzene ring substituents is 1. The molecule has 0 aliphatic heterocycles. The van der Waals surface area contributed by atoms with Crippen LogP contribution in [0.3, 0.4) is 0 Å².